The Morgan fingerprint density at radius 3 is 2.48 bits per heavy atom. The monoisotopic (exact) mass is 314 g/mol. The van der Waals surface area contributed by atoms with E-state index >= 15 is 0 Å². The quantitative estimate of drug-likeness (QED) is 0.873. The number of hydrogen-bond donors (Lipinski definition) is 1. The Morgan fingerprint density at radius 1 is 1.09 bits per heavy atom. The molecule has 1 heterocycles. The molecule has 0 aromatic heterocycles. The Morgan fingerprint density at radius 2 is 1.78 bits per heavy atom. The molecule has 0 unspecified atom stereocenters. The van der Waals surface area contributed by atoms with Crippen LogP contribution in [-0.2, 0) is 9.59 Å². The van der Waals surface area contributed by atoms with Crippen molar-refractivity contribution in [1.82, 2.24) is 5.32 Å². The van der Waals surface area contributed by atoms with Gasteiger partial charge in [-0.05, 0) is 37.3 Å². The molecular weight excluding hydrogens is 288 g/mol. The first-order valence-corrected chi connectivity index (χ1v) is 8.67. The number of nitrogens with zero attached hydrogens (tertiary/aromatic N) is 1. The van der Waals surface area contributed by atoms with Gasteiger partial charge < -0.3 is 5.32 Å². The standard InChI is InChI=1S/C19H26N2O2/c1-12-7-9-15(10-8-12)21-18(22)11-17(19(21)23)20-16-6-4-5-13(2)14(16)3/h7-10,13-14,16-17,20H,4-6,11H2,1-3H3/t13-,14-,16+,17+/m0/s1. The fraction of sp³-hybridized carbons (Fsp3) is 0.579. The Bertz CT molecular complexity index is 596. The molecule has 2 amide bonds. The van der Waals surface area contributed by atoms with Gasteiger partial charge in [0.2, 0.25) is 5.91 Å². The van der Waals surface area contributed by atoms with Gasteiger partial charge in [0.15, 0.2) is 0 Å². The molecule has 3 rings (SSSR count). The van der Waals surface area contributed by atoms with E-state index in [0.29, 0.717) is 23.6 Å². The van der Waals surface area contributed by atoms with Crippen molar-refractivity contribution in [2.24, 2.45) is 11.8 Å². The van der Waals surface area contributed by atoms with Crippen LogP contribution in [0.4, 0.5) is 5.69 Å². The highest BCUT2D eigenvalue weighted by atomic mass is 16.2. The van der Waals surface area contributed by atoms with Crippen LogP contribution in [0.25, 0.3) is 0 Å². The van der Waals surface area contributed by atoms with Gasteiger partial charge in [0.05, 0.1) is 18.2 Å². The van der Waals surface area contributed by atoms with E-state index in [1.54, 1.807) is 0 Å². The van der Waals surface area contributed by atoms with E-state index < -0.39 is 0 Å². The summed E-state index contributed by atoms with van der Waals surface area (Å²) in [5, 5.41) is 3.48. The summed E-state index contributed by atoms with van der Waals surface area (Å²) in [5.74, 6) is 0.999. The van der Waals surface area contributed by atoms with E-state index in [9.17, 15) is 9.59 Å². The van der Waals surface area contributed by atoms with Gasteiger partial charge in [0.25, 0.3) is 5.91 Å². The summed E-state index contributed by atoms with van der Waals surface area (Å²) in [5.41, 5.74) is 1.80. The summed E-state index contributed by atoms with van der Waals surface area (Å²) in [6, 6.07) is 7.51. The van der Waals surface area contributed by atoms with Crippen molar-refractivity contribution in [2.45, 2.75) is 58.5 Å². The van der Waals surface area contributed by atoms with Crippen molar-refractivity contribution in [3.8, 4) is 0 Å². The normalized spacial score (nSPS) is 31.7. The number of carbonyl (C=O) groups is 2. The molecule has 1 N–H and O–H groups in total. The molecule has 4 atom stereocenters. The van der Waals surface area contributed by atoms with Crippen molar-refractivity contribution in [2.75, 3.05) is 4.90 Å². The number of imide groups is 1. The summed E-state index contributed by atoms with van der Waals surface area (Å²) in [7, 11) is 0. The van der Waals surface area contributed by atoms with Crippen LogP contribution in [0, 0.1) is 18.8 Å². The second kappa shape index (κ2) is 6.44. The maximum Gasteiger partial charge on any atom is 0.251 e. The number of benzene rings is 1. The SMILES string of the molecule is Cc1ccc(N2C(=O)C[C@@H](N[C@@H]3CCC[C@H](C)[C@@H]3C)C2=O)cc1. The van der Waals surface area contributed by atoms with Gasteiger partial charge in [-0.2, -0.15) is 0 Å². The second-order valence-corrected chi connectivity index (χ2v) is 7.20. The molecule has 4 nitrogen and oxygen atoms in total. The van der Waals surface area contributed by atoms with Crippen molar-refractivity contribution in [3.05, 3.63) is 29.8 Å². The van der Waals surface area contributed by atoms with Gasteiger partial charge >= 0.3 is 0 Å². The highest BCUT2D eigenvalue weighted by Gasteiger charge is 2.41. The molecule has 0 bridgehead atoms. The number of carbonyl (C=O) groups excluding carboxylic acids is 2. The third-order valence-corrected chi connectivity index (χ3v) is 5.56. The Kier molecular flexibility index (Phi) is 4.53. The van der Waals surface area contributed by atoms with Crippen LogP contribution in [-0.4, -0.2) is 23.9 Å². The van der Waals surface area contributed by atoms with Crippen LogP contribution in [0.1, 0.15) is 45.1 Å². The average molecular weight is 314 g/mol. The summed E-state index contributed by atoms with van der Waals surface area (Å²) in [4.78, 5) is 26.4. The van der Waals surface area contributed by atoms with Crippen LogP contribution in [0.3, 0.4) is 0 Å². The number of aryl methyl sites for hydroxylation is 1. The van der Waals surface area contributed by atoms with E-state index in [-0.39, 0.29) is 24.3 Å². The van der Waals surface area contributed by atoms with Gasteiger partial charge in [0, 0.05) is 6.04 Å². The number of hydrogen-bond acceptors (Lipinski definition) is 3. The zero-order valence-electron chi connectivity index (χ0n) is 14.2. The second-order valence-electron chi connectivity index (χ2n) is 7.20. The topological polar surface area (TPSA) is 49.4 Å². The number of amides is 2. The largest absolute Gasteiger partial charge is 0.302 e. The van der Waals surface area contributed by atoms with Crippen LogP contribution >= 0.6 is 0 Å². The third-order valence-electron chi connectivity index (χ3n) is 5.56. The molecule has 2 aliphatic rings. The fourth-order valence-corrected chi connectivity index (χ4v) is 3.80. The van der Waals surface area contributed by atoms with Crippen molar-refractivity contribution in [3.63, 3.8) is 0 Å². The molecule has 1 saturated carbocycles. The summed E-state index contributed by atoms with van der Waals surface area (Å²) < 4.78 is 0. The van der Waals surface area contributed by atoms with Gasteiger partial charge in [-0.25, -0.2) is 4.90 Å². The van der Waals surface area contributed by atoms with Gasteiger partial charge in [0.1, 0.15) is 0 Å². The van der Waals surface area contributed by atoms with E-state index in [4.69, 9.17) is 0 Å². The first-order valence-electron chi connectivity index (χ1n) is 8.67. The van der Waals surface area contributed by atoms with Crippen LogP contribution in [0.15, 0.2) is 24.3 Å². The van der Waals surface area contributed by atoms with E-state index in [1.807, 2.05) is 31.2 Å². The number of rotatable bonds is 3. The zero-order valence-corrected chi connectivity index (χ0v) is 14.2. The molecule has 0 spiro atoms. The smallest absolute Gasteiger partial charge is 0.251 e. The highest BCUT2D eigenvalue weighted by Crippen LogP contribution is 2.31. The predicted molar refractivity (Wildman–Crippen MR) is 91.2 cm³/mol. The van der Waals surface area contributed by atoms with Gasteiger partial charge in [-0.1, -0.05) is 44.4 Å². The molecule has 1 saturated heterocycles. The van der Waals surface area contributed by atoms with Crippen LogP contribution in [0.5, 0.6) is 0 Å². The molecule has 1 aromatic carbocycles. The number of anilines is 1. The molecule has 0 radical (unpaired) electrons. The molecular formula is C19H26N2O2. The van der Waals surface area contributed by atoms with E-state index in [0.717, 1.165) is 12.0 Å². The lowest BCUT2D eigenvalue weighted by atomic mass is 9.78. The summed E-state index contributed by atoms with van der Waals surface area (Å²) in [6.07, 6.45) is 3.81. The minimum absolute atomic E-state index is 0.104. The molecule has 2 fully saturated rings. The summed E-state index contributed by atoms with van der Waals surface area (Å²) >= 11 is 0. The van der Waals surface area contributed by atoms with E-state index in [1.165, 1.54) is 17.7 Å². The first-order chi connectivity index (χ1) is 11.0. The zero-order chi connectivity index (χ0) is 16.6. The molecule has 1 aromatic rings. The molecule has 1 aliphatic carbocycles. The van der Waals surface area contributed by atoms with Gasteiger partial charge in [-0.15, -0.1) is 0 Å². The minimum Gasteiger partial charge on any atom is -0.302 e. The lowest BCUT2D eigenvalue weighted by molar-refractivity contribution is -0.121. The summed E-state index contributed by atoms with van der Waals surface area (Å²) in [6.45, 7) is 6.52. The maximum atomic E-state index is 12.7. The van der Waals surface area contributed by atoms with E-state index in [2.05, 4.69) is 19.2 Å². The predicted octanol–water partition coefficient (Wildman–Crippen LogP) is 3.04. The lowest BCUT2D eigenvalue weighted by Crippen LogP contribution is -2.48. The van der Waals surface area contributed by atoms with Crippen LogP contribution in [0.2, 0.25) is 0 Å². The number of nitrogens with one attached hydrogen (secondary N) is 1. The molecule has 124 valence electrons. The van der Waals surface area contributed by atoms with Crippen molar-refractivity contribution >= 4 is 17.5 Å². The highest BCUT2D eigenvalue weighted by molar-refractivity contribution is 6.22. The Balaban J connectivity index is 1.72. The third kappa shape index (κ3) is 3.18. The lowest BCUT2D eigenvalue weighted by Gasteiger charge is -2.36. The van der Waals surface area contributed by atoms with Gasteiger partial charge in [-0.3, -0.25) is 9.59 Å². The maximum absolute atomic E-state index is 12.7. The van der Waals surface area contributed by atoms with Crippen molar-refractivity contribution < 1.29 is 9.59 Å². The average Bonchev–Trinajstić information content (AvgIpc) is 2.79. The molecule has 1 aliphatic heterocycles. The molecule has 4 heteroatoms. The Labute approximate surface area is 138 Å². The Hall–Kier alpha value is -1.68. The fourth-order valence-electron chi connectivity index (χ4n) is 3.80. The van der Waals surface area contributed by atoms with Crippen molar-refractivity contribution in [1.29, 1.82) is 0 Å². The van der Waals surface area contributed by atoms with Crippen LogP contribution < -0.4 is 10.2 Å². The minimum atomic E-state index is -0.374. The molecule has 23 heavy (non-hydrogen) atoms. The first kappa shape index (κ1) is 16.2.